The summed E-state index contributed by atoms with van der Waals surface area (Å²) in [6, 6.07) is 0. The molecule has 0 spiro atoms. The normalized spacial score (nSPS) is 14.4. The maximum atomic E-state index is 9.77. The van der Waals surface area contributed by atoms with Crippen LogP contribution >= 0.6 is 0 Å². The van der Waals surface area contributed by atoms with Crippen LogP contribution < -0.4 is 0 Å². The lowest BCUT2D eigenvalue weighted by atomic mass is 10.0. The second-order valence-corrected chi connectivity index (χ2v) is 5.74. The molecule has 0 aromatic heterocycles. The van der Waals surface area contributed by atoms with E-state index in [1.165, 1.54) is 0 Å². The number of hydrogen-bond acceptors (Lipinski definition) is 4. The van der Waals surface area contributed by atoms with E-state index in [2.05, 4.69) is 0 Å². The average molecular weight is 290 g/mol. The van der Waals surface area contributed by atoms with Gasteiger partial charge in [0.2, 0.25) is 0 Å². The Kier molecular flexibility index (Phi) is 15.1. The molecule has 0 saturated carbocycles. The van der Waals surface area contributed by atoms with E-state index in [0.29, 0.717) is 0 Å². The van der Waals surface area contributed by atoms with Gasteiger partial charge in [-0.25, -0.2) is 0 Å². The Morgan fingerprint density at radius 3 is 1.05 bits per heavy atom. The molecule has 122 valence electrons. The third-order valence-corrected chi connectivity index (χ3v) is 3.72. The Morgan fingerprint density at radius 1 is 0.450 bits per heavy atom. The summed E-state index contributed by atoms with van der Waals surface area (Å²) >= 11 is 0. The summed E-state index contributed by atoms with van der Waals surface area (Å²) in [4.78, 5) is 0. The Bertz CT molecular complexity index is 167. The van der Waals surface area contributed by atoms with Gasteiger partial charge in [-0.3, -0.25) is 0 Å². The summed E-state index contributed by atoms with van der Waals surface area (Å²) in [5, 5.41) is 36.8. The van der Waals surface area contributed by atoms with Gasteiger partial charge in [0.05, 0.1) is 12.2 Å². The first-order valence-corrected chi connectivity index (χ1v) is 8.28. The summed E-state index contributed by atoms with van der Waals surface area (Å²) in [6.07, 6.45) is 10.4. The van der Waals surface area contributed by atoms with Crippen molar-refractivity contribution in [1.82, 2.24) is 0 Å². The number of aliphatic hydroxyl groups excluding tert-OH is 4. The van der Waals surface area contributed by atoms with Crippen molar-refractivity contribution in [3.63, 3.8) is 0 Å². The van der Waals surface area contributed by atoms with Crippen molar-refractivity contribution in [2.24, 2.45) is 0 Å². The molecular formula is C16H34O4. The standard InChI is InChI=1S/C16H34O4/c17-13-7-1-3-9-15(19)11-5-6-12-16(20)10-4-2-8-14-18/h15-20H,1-14H2/t15-,16-/m0/s1. The molecular weight excluding hydrogens is 256 g/mol. The lowest BCUT2D eigenvalue weighted by Gasteiger charge is -2.12. The zero-order valence-electron chi connectivity index (χ0n) is 12.8. The van der Waals surface area contributed by atoms with Crippen molar-refractivity contribution < 1.29 is 20.4 Å². The topological polar surface area (TPSA) is 80.9 Å². The van der Waals surface area contributed by atoms with Crippen LogP contribution in [0.3, 0.4) is 0 Å². The van der Waals surface area contributed by atoms with E-state index in [1.807, 2.05) is 0 Å². The van der Waals surface area contributed by atoms with Gasteiger partial charge >= 0.3 is 0 Å². The van der Waals surface area contributed by atoms with Gasteiger partial charge in [0.15, 0.2) is 0 Å². The first kappa shape index (κ1) is 19.8. The summed E-state index contributed by atoms with van der Waals surface area (Å²) < 4.78 is 0. The van der Waals surface area contributed by atoms with E-state index < -0.39 is 0 Å². The molecule has 0 radical (unpaired) electrons. The Labute approximate surface area is 123 Å². The largest absolute Gasteiger partial charge is 0.396 e. The van der Waals surface area contributed by atoms with E-state index in [4.69, 9.17) is 10.2 Å². The second kappa shape index (κ2) is 15.2. The van der Waals surface area contributed by atoms with Crippen molar-refractivity contribution in [2.45, 2.75) is 89.3 Å². The van der Waals surface area contributed by atoms with Crippen LogP contribution in [0.5, 0.6) is 0 Å². The molecule has 0 aliphatic rings. The molecule has 0 rings (SSSR count). The summed E-state index contributed by atoms with van der Waals surface area (Å²) in [7, 11) is 0. The fourth-order valence-corrected chi connectivity index (χ4v) is 2.39. The first-order valence-electron chi connectivity index (χ1n) is 8.28. The van der Waals surface area contributed by atoms with E-state index in [1.54, 1.807) is 0 Å². The highest BCUT2D eigenvalue weighted by molar-refractivity contribution is 4.60. The highest BCUT2D eigenvalue weighted by Gasteiger charge is 2.06. The van der Waals surface area contributed by atoms with Gasteiger partial charge in [0, 0.05) is 13.2 Å². The van der Waals surface area contributed by atoms with Gasteiger partial charge in [0.1, 0.15) is 0 Å². The smallest absolute Gasteiger partial charge is 0.0540 e. The van der Waals surface area contributed by atoms with Crippen LogP contribution in [0.1, 0.15) is 77.0 Å². The molecule has 0 saturated heterocycles. The second-order valence-electron chi connectivity index (χ2n) is 5.74. The third kappa shape index (κ3) is 14.3. The SMILES string of the molecule is OCCCCC[C@H](O)CCCC[C@@H](O)CCCCCO. The molecule has 4 N–H and O–H groups in total. The zero-order valence-corrected chi connectivity index (χ0v) is 12.8. The lowest BCUT2D eigenvalue weighted by molar-refractivity contribution is 0.131. The molecule has 20 heavy (non-hydrogen) atoms. The molecule has 0 unspecified atom stereocenters. The molecule has 0 bridgehead atoms. The van der Waals surface area contributed by atoms with Crippen molar-refractivity contribution in [3.8, 4) is 0 Å². The minimum absolute atomic E-state index is 0.226. The predicted octanol–water partition coefficient (Wildman–Crippen LogP) is 2.37. The van der Waals surface area contributed by atoms with Crippen LogP contribution in [-0.2, 0) is 0 Å². The van der Waals surface area contributed by atoms with Crippen molar-refractivity contribution in [1.29, 1.82) is 0 Å². The van der Waals surface area contributed by atoms with Gasteiger partial charge in [-0.15, -0.1) is 0 Å². The molecule has 0 aliphatic carbocycles. The number of rotatable bonds is 15. The maximum absolute atomic E-state index is 9.77. The van der Waals surface area contributed by atoms with Crippen LogP contribution in [-0.4, -0.2) is 45.8 Å². The molecule has 4 heteroatoms. The molecule has 2 atom stereocenters. The quantitative estimate of drug-likeness (QED) is 0.349. The fourth-order valence-electron chi connectivity index (χ4n) is 2.39. The van der Waals surface area contributed by atoms with Crippen LogP contribution in [0, 0.1) is 0 Å². The number of aliphatic hydroxyl groups is 4. The highest BCUT2D eigenvalue weighted by Crippen LogP contribution is 2.14. The minimum Gasteiger partial charge on any atom is -0.396 e. The predicted molar refractivity (Wildman–Crippen MR) is 81.6 cm³/mol. The van der Waals surface area contributed by atoms with Gasteiger partial charge in [-0.1, -0.05) is 38.5 Å². The molecule has 0 fully saturated rings. The Morgan fingerprint density at radius 2 is 0.750 bits per heavy atom. The van der Waals surface area contributed by atoms with E-state index in [0.717, 1.165) is 77.0 Å². The summed E-state index contributed by atoms with van der Waals surface area (Å²) in [6.45, 7) is 0.485. The Hall–Kier alpha value is -0.160. The summed E-state index contributed by atoms with van der Waals surface area (Å²) in [5.41, 5.74) is 0. The van der Waals surface area contributed by atoms with Gasteiger partial charge in [0.25, 0.3) is 0 Å². The molecule has 4 nitrogen and oxygen atoms in total. The highest BCUT2D eigenvalue weighted by atomic mass is 16.3. The number of hydrogen-bond donors (Lipinski definition) is 4. The Balaban J connectivity index is 3.28. The summed E-state index contributed by atoms with van der Waals surface area (Å²) in [5.74, 6) is 0. The van der Waals surface area contributed by atoms with Crippen LogP contribution in [0.15, 0.2) is 0 Å². The van der Waals surface area contributed by atoms with E-state index in [-0.39, 0.29) is 25.4 Å². The van der Waals surface area contributed by atoms with Crippen molar-refractivity contribution >= 4 is 0 Å². The maximum Gasteiger partial charge on any atom is 0.0540 e. The van der Waals surface area contributed by atoms with Gasteiger partial charge in [-0.2, -0.15) is 0 Å². The fraction of sp³-hybridized carbons (Fsp3) is 1.00. The molecule has 0 heterocycles. The van der Waals surface area contributed by atoms with E-state index in [9.17, 15) is 10.2 Å². The first-order chi connectivity index (χ1) is 9.70. The monoisotopic (exact) mass is 290 g/mol. The van der Waals surface area contributed by atoms with Gasteiger partial charge < -0.3 is 20.4 Å². The van der Waals surface area contributed by atoms with Crippen LogP contribution in [0.25, 0.3) is 0 Å². The number of unbranched alkanes of at least 4 members (excludes halogenated alkanes) is 5. The zero-order chi connectivity index (χ0) is 15.1. The van der Waals surface area contributed by atoms with Crippen LogP contribution in [0.4, 0.5) is 0 Å². The molecule has 0 aromatic rings. The molecule has 0 aliphatic heterocycles. The molecule has 0 amide bonds. The van der Waals surface area contributed by atoms with Crippen molar-refractivity contribution in [3.05, 3.63) is 0 Å². The minimum atomic E-state index is -0.226. The van der Waals surface area contributed by atoms with Gasteiger partial charge in [-0.05, 0) is 38.5 Å². The third-order valence-electron chi connectivity index (χ3n) is 3.72. The van der Waals surface area contributed by atoms with Crippen molar-refractivity contribution in [2.75, 3.05) is 13.2 Å². The molecule has 0 aromatic carbocycles. The van der Waals surface area contributed by atoms with Crippen LogP contribution in [0.2, 0.25) is 0 Å². The lowest BCUT2D eigenvalue weighted by Crippen LogP contribution is -2.09. The average Bonchev–Trinajstić information content (AvgIpc) is 2.44. The van der Waals surface area contributed by atoms with E-state index >= 15 is 0 Å².